The van der Waals surface area contributed by atoms with Gasteiger partial charge in [-0.25, -0.2) is 0 Å². The Morgan fingerprint density at radius 3 is 2.72 bits per heavy atom. The van der Waals surface area contributed by atoms with E-state index in [0.29, 0.717) is 9.88 Å². The summed E-state index contributed by atoms with van der Waals surface area (Å²) in [6.45, 7) is 4.55. The van der Waals surface area contributed by atoms with Crippen molar-refractivity contribution in [2.75, 3.05) is 18.5 Å². The van der Waals surface area contributed by atoms with E-state index < -0.39 is 6.10 Å². The molecule has 1 aromatic rings. The summed E-state index contributed by atoms with van der Waals surface area (Å²) >= 11 is 1.30. The molecule has 102 valence electrons. The summed E-state index contributed by atoms with van der Waals surface area (Å²) in [6.07, 6.45) is 2.60. The molecule has 1 aromatic heterocycles. The maximum atomic E-state index is 11.0. The molecule has 0 amide bonds. The number of unbranched alkanes of at least 4 members (excludes halogenated alkanes) is 2. The zero-order chi connectivity index (χ0) is 13.7. The molecular weight excluding hydrogens is 252 g/mol. The molecule has 1 rings (SSSR count). The molecule has 0 aromatic carbocycles. The van der Waals surface area contributed by atoms with E-state index in [2.05, 4.69) is 6.92 Å². The van der Waals surface area contributed by atoms with Crippen LogP contribution in [0.3, 0.4) is 0 Å². The number of thiophene rings is 1. The molecule has 1 atom stereocenters. The summed E-state index contributed by atoms with van der Waals surface area (Å²) < 4.78 is 0. The lowest BCUT2D eigenvalue weighted by molar-refractivity contribution is -0.383. The van der Waals surface area contributed by atoms with Crippen molar-refractivity contribution in [3.8, 4) is 0 Å². The van der Waals surface area contributed by atoms with Gasteiger partial charge in [-0.05, 0) is 13.3 Å². The van der Waals surface area contributed by atoms with Crippen molar-refractivity contribution in [2.24, 2.45) is 0 Å². The molecule has 0 aliphatic rings. The van der Waals surface area contributed by atoms with Crippen molar-refractivity contribution < 1.29 is 10.0 Å². The van der Waals surface area contributed by atoms with Gasteiger partial charge in [-0.1, -0.05) is 19.8 Å². The average Bonchev–Trinajstić information content (AvgIpc) is 2.74. The van der Waals surface area contributed by atoms with Crippen molar-refractivity contribution in [2.45, 2.75) is 39.2 Å². The number of anilines is 1. The predicted octanol–water partition coefficient (Wildman–Crippen LogP) is 3.34. The minimum atomic E-state index is -0.661. The molecule has 6 heteroatoms. The Kier molecular flexibility index (Phi) is 5.55. The third-order valence-corrected chi connectivity index (χ3v) is 4.17. The molecule has 5 nitrogen and oxygen atoms in total. The zero-order valence-electron chi connectivity index (χ0n) is 11.0. The minimum absolute atomic E-state index is 0.0925. The van der Waals surface area contributed by atoms with Crippen LogP contribution in [0.5, 0.6) is 0 Å². The van der Waals surface area contributed by atoms with Crippen LogP contribution in [-0.4, -0.2) is 23.6 Å². The Balaban J connectivity index is 2.88. The van der Waals surface area contributed by atoms with Gasteiger partial charge < -0.3 is 10.0 Å². The second-order valence-electron chi connectivity index (χ2n) is 4.40. The van der Waals surface area contributed by atoms with Gasteiger partial charge in [0.15, 0.2) is 5.00 Å². The highest BCUT2D eigenvalue weighted by atomic mass is 32.1. The molecular formula is C12H20N2O3S. The number of aliphatic hydroxyl groups excluding tert-OH is 1. The second-order valence-corrected chi connectivity index (χ2v) is 5.46. The molecule has 0 fully saturated rings. The average molecular weight is 272 g/mol. The van der Waals surface area contributed by atoms with Crippen molar-refractivity contribution in [1.82, 2.24) is 0 Å². The van der Waals surface area contributed by atoms with Gasteiger partial charge in [-0.15, -0.1) is 11.3 Å². The topological polar surface area (TPSA) is 66.6 Å². The second kappa shape index (κ2) is 6.70. The van der Waals surface area contributed by atoms with E-state index in [1.165, 1.54) is 17.4 Å². The SMILES string of the molecule is CCCCCN(C)c1sc([C@@H](C)O)cc1[N+](=O)[O-]. The molecule has 1 N–H and O–H groups in total. The molecule has 0 unspecified atom stereocenters. The van der Waals surface area contributed by atoms with E-state index in [0.717, 1.165) is 25.8 Å². The molecule has 0 radical (unpaired) electrons. The highest BCUT2D eigenvalue weighted by molar-refractivity contribution is 7.16. The minimum Gasteiger partial charge on any atom is -0.388 e. The first-order valence-electron chi connectivity index (χ1n) is 6.14. The van der Waals surface area contributed by atoms with Crippen LogP contribution in [0.25, 0.3) is 0 Å². The third kappa shape index (κ3) is 3.68. The summed E-state index contributed by atoms with van der Waals surface area (Å²) in [7, 11) is 1.86. The maximum Gasteiger partial charge on any atom is 0.304 e. The Morgan fingerprint density at radius 2 is 2.22 bits per heavy atom. The highest BCUT2D eigenvalue weighted by Gasteiger charge is 2.23. The van der Waals surface area contributed by atoms with Crippen LogP contribution < -0.4 is 4.90 Å². The summed E-state index contributed by atoms with van der Waals surface area (Å²) in [5.41, 5.74) is 0.0925. The van der Waals surface area contributed by atoms with Crippen LogP contribution in [0, 0.1) is 10.1 Å². The van der Waals surface area contributed by atoms with Crippen LogP contribution in [0.15, 0.2) is 6.07 Å². The lowest BCUT2D eigenvalue weighted by Gasteiger charge is -2.16. The van der Waals surface area contributed by atoms with Gasteiger partial charge in [0.2, 0.25) is 0 Å². The summed E-state index contributed by atoms with van der Waals surface area (Å²) in [6, 6.07) is 1.47. The Labute approximate surface area is 111 Å². The lowest BCUT2D eigenvalue weighted by atomic mass is 10.2. The normalized spacial score (nSPS) is 12.4. The number of hydrogen-bond acceptors (Lipinski definition) is 5. The molecule has 0 saturated carbocycles. The first-order valence-corrected chi connectivity index (χ1v) is 6.96. The van der Waals surface area contributed by atoms with E-state index in [9.17, 15) is 15.2 Å². The number of nitro groups is 1. The standard InChI is InChI=1S/C12H20N2O3S/c1-4-5-6-7-13(3)12-10(14(16)17)8-11(18-12)9(2)15/h8-9,15H,4-7H2,1-3H3/t9-/m1/s1. The van der Waals surface area contributed by atoms with Crippen LogP contribution in [0.4, 0.5) is 10.7 Å². The van der Waals surface area contributed by atoms with E-state index in [-0.39, 0.29) is 10.6 Å². The first kappa shape index (κ1) is 14.9. The molecule has 0 aliphatic carbocycles. The van der Waals surface area contributed by atoms with Gasteiger partial charge in [0.05, 0.1) is 11.0 Å². The van der Waals surface area contributed by atoms with E-state index in [1.807, 2.05) is 11.9 Å². The number of hydrogen-bond donors (Lipinski definition) is 1. The van der Waals surface area contributed by atoms with Crippen LogP contribution >= 0.6 is 11.3 Å². The van der Waals surface area contributed by atoms with Gasteiger partial charge in [0.25, 0.3) is 0 Å². The number of nitrogens with zero attached hydrogens (tertiary/aromatic N) is 2. The Hall–Kier alpha value is -1.14. The quantitative estimate of drug-likeness (QED) is 0.469. The Bertz CT molecular complexity index is 404. The molecule has 0 spiro atoms. The lowest BCUT2D eigenvalue weighted by Crippen LogP contribution is -2.18. The molecule has 0 bridgehead atoms. The van der Waals surface area contributed by atoms with Gasteiger partial charge in [0.1, 0.15) is 0 Å². The number of aliphatic hydroxyl groups is 1. The van der Waals surface area contributed by atoms with Crippen LogP contribution in [0.2, 0.25) is 0 Å². The predicted molar refractivity (Wildman–Crippen MR) is 74.4 cm³/mol. The zero-order valence-corrected chi connectivity index (χ0v) is 11.9. The maximum absolute atomic E-state index is 11.0. The van der Waals surface area contributed by atoms with Crippen molar-refractivity contribution >= 4 is 22.0 Å². The number of rotatable bonds is 7. The van der Waals surface area contributed by atoms with Gasteiger partial charge in [-0.2, -0.15) is 0 Å². The fourth-order valence-electron chi connectivity index (χ4n) is 1.70. The fraction of sp³-hybridized carbons (Fsp3) is 0.667. The van der Waals surface area contributed by atoms with E-state index >= 15 is 0 Å². The van der Waals surface area contributed by atoms with Crippen molar-refractivity contribution in [3.63, 3.8) is 0 Å². The van der Waals surface area contributed by atoms with Gasteiger partial charge >= 0.3 is 5.69 Å². The van der Waals surface area contributed by atoms with E-state index in [1.54, 1.807) is 6.92 Å². The fourth-order valence-corrected chi connectivity index (χ4v) is 2.75. The Morgan fingerprint density at radius 1 is 1.56 bits per heavy atom. The van der Waals surface area contributed by atoms with Gasteiger partial charge in [-0.3, -0.25) is 10.1 Å². The monoisotopic (exact) mass is 272 g/mol. The van der Waals surface area contributed by atoms with Crippen molar-refractivity contribution in [1.29, 1.82) is 0 Å². The summed E-state index contributed by atoms with van der Waals surface area (Å²) in [5, 5.41) is 21.1. The largest absolute Gasteiger partial charge is 0.388 e. The summed E-state index contributed by atoms with van der Waals surface area (Å²) in [5.74, 6) is 0. The molecule has 1 heterocycles. The third-order valence-electron chi connectivity index (χ3n) is 2.76. The van der Waals surface area contributed by atoms with Crippen molar-refractivity contribution in [3.05, 3.63) is 21.1 Å². The van der Waals surface area contributed by atoms with E-state index in [4.69, 9.17) is 0 Å². The van der Waals surface area contributed by atoms with Gasteiger partial charge in [0, 0.05) is 24.5 Å². The van der Waals surface area contributed by atoms with Crippen LogP contribution in [-0.2, 0) is 0 Å². The molecule has 18 heavy (non-hydrogen) atoms. The highest BCUT2D eigenvalue weighted by Crippen LogP contribution is 2.39. The summed E-state index contributed by atoms with van der Waals surface area (Å²) in [4.78, 5) is 13.2. The smallest absolute Gasteiger partial charge is 0.304 e. The first-order chi connectivity index (χ1) is 8.47. The van der Waals surface area contributed by atoms with Crippen LogP contribution in [0.1, 0.15) is 44.1 Å². The molecule has 0 saturated heterocycles. The molecule has 0 aliphatic heterocycles.